The van der Waals surface area contributed by atoms with Crippen LogP contribution < -0.4 is 5.32 Å². The zero-order valence-electron chi connectivity index (χ0n) is 12.5. The topological polar surface area (TPSA) is 69.6 Å². The minimum absolute atomic E-state index is 0.218. The van der Waals surface area contributed by atoms with Gasteiger partial charge in [-0.15, -0.1) is 6.58 Å². The van der Waals surface area contributed by atoms with Gasteiger partial charge in [0, 0.05) is 13.1 Å². The lowest BCUT2D eigenvalue weighted by molar-refractivity contribution is -0.139. The minimum atomic E-state index is -1.03. The van der Waals surface area contributed by atoms with Crippen molar-refractivity contribution in [2.75, 3.05) is 7.05 Å². The Kier molecular flexibility index (Phi) is 6.55. The highest BCUT2D eigenvalue weighted by Gasteiger charge is 2.27. The summed E-state index contributed by atoms with van der Waals surface area (Å²) in [6.07, 6.45) is 7.23. The van der Waals surface area contributed by atoms with Crippen LogP contribution in [0.1, 0.15) is 45.4 Å². The Morgan fingerprint density at radius 1 is 1.40 bits per heavy atom. The van der Waals surface area contributed by atoms with E-state index in [-0.39, 0.29) is 18.5 Å². The van der Waals surface area contributed by atoms with Crippen LogP contribution in [0, 0.1) is 5.92 Å². The summed E-state index contributed by atoms with van der Waals surface area (Å²) in [6.45, 7) is 5.72. The van der Waals surface area contributed by atoms with Gasteiger partial charge < -0.3 is 15.3 Å². The molecule has 2 amide bonds. The molecule has 0 aromatic rings. The largest absolute Gasteiger partial charge is 0.480 e. The maximum absolute atomic E-state index is 12.1. The molecule has 20 heavy (non-hydrogen) atoms. The van der Waals surface area contributed by atoms with Crippen LogP contribution in [0.5, 0.6) is 0 Å². The number of carboxylic acid groups (broad SMARTS) is 1. The van der Waals surface area contributed by atoms with Crippen LogP contribution in [0.2, 0.25) is 0 Å². The first-order chi connectivity index (χ1) is 9.49. The van der Waals surface area contributed by atoms with E-state index in [1.807, 2.05) is 0 Å². The van der Waals surface area contributed by atoms with Gasteiger partial charge in [-0.1, -0.05) is 19.4 Å². The molecule has 5 nitrogen and oxygen atoms in total. The van der Waals surface area contributed by atoms with Crippen molar-refractivity contribution in [2.45, 2.75) is 57.5 Å². The van der Waals surface area contributed by atoms with Gasteiger partial charge in [0.25, 0.3) is 0 Å². The van der Waals surface area contributed by atoms with Crippen molar-refractivity contribution in [1.82, 2.24) is 10.2 Å². The molecule has 0 radical (unpaired) electrons. The quantitative estimate of drug-likeness (QED) is 0.736. The van der Waals surface area contributed by atoms with E-state index in [1.54, 1.807) is 11.9 Å². The van der Waals surface area contributed by atoms with Crippen LogP contribution in [0.15, 0.2) is 12.7 Å². The molecule has 1 saturated carbocycles. The Morgan fingerprint density at radius 2 is 2.00 bits per heavy atom. The fraction of sp³-hybridized carbons (Fsp3) is 0.733. The van der Waals surface area contributed by atoms with Crippen LogP contribution in [-0.2, 0) is 4.79 Å². The summed E-state index contributed by atoms with van der Waals surface area (Å²) in [6, 6.07) is -0.982. The predicted octanol–water partition coefficient (Wildman–Crippen LogP) is 2.63. The first kappa shape index (κ1) is 16.5. The molecule has 1 unspecified atom stereocenters. The van der Waals surface area contributed by atoms with Crippen LogP contribution in [0.3, 0.4) is 0 Å². The number of hydrogen-bond acceptors (Lipinski definition) is 2. The monoisotopic (exact) mass is 282 g/mol. The molecule has 0 saturated heterocycles. The lowest BCUT2D eigenvalue weighted by atomic mass is 9.84. The maximum Gasteiger partial charge on any atom is 0.326 e. The van der Waals surface area contributed by atoms with Gasteiger partial charge in [0.15, 0.2) is 0 Å². The maximum atomic E-state index is 12.1. The number of nitrogens with zero attached hydrogens (tertiary/aromatic N) is 1. The average Bonchev–Trinajstić information content (AvgIpc) is 2.45. The molecule has 0 aromatic carbocycles. The van der Waals surface area contributed by atoms with Gasteiger partial charge in [-0.05, 0) is 38.0 Å². The van der Waals surface area contributed by atoms with Crippen LogP contribution in [-0.4, -0.2) is 41.1 Å². The molecule has 0 spiro atoms. The molecular weight excluding hydrogens is 256 g/mol. The van der Waals surface area contributed by atoms with Crippen LogP contribution in [0.4, 0.5) is 4.79 Å². The second-order valence-corrected chi connectivity index (χ2v) is 5.56. The Hall–Kier alpha value is -1.52. The lowest BCUT2D eigenvalue weighted by Gasteiger charge is -2.34. The third-order valence-electron chi connectivity index (χ3n) is 4.26. The third kappa shape index (κ3) is 4.54. The number of urea groups is 1. The van der Waals surface area contributed by atoms with Gasteiger partial charge >= 0.3 is 12.0 Å². The van der Waals surface area contributed by atoms with E-state index in [9.17, 15) is 9.59 Å². The number of carbonyl (C=O) groups excluding carboxylic acids is 1. The number of aliphatic carboxylic acids is 1. The summed E-state index contributed by atoms with van der Waals surface area (Å²) in [5.41, 5.74) is 0. The van der Waals surface area contributed by atoms with E-state index in [0.717, 1.165) is 31.6 Å². The standard InChI is InChI=1S/C15H26N2O3/c1-4-6-13(14(18)19)16-15(20)17(3)12-9-7-11(5-2)8-10-12/h4,11-13H,1,5-10H2,2-3H3,(H,16,20)(H,18,19). The van der Waals surface area contributed by atoms with Crippen molar-refractivity contribution in [2.24, 2.45) is 5.92 Å². The summed E-state index contributed by atoms with van der Waals surface area (Å²) in [7, 11) is 1.75. The molecule has 1 atom stereocenters. The highest BCUT2D eigenvalue weighted by molar-refractivity contribution is 5.82. The molecule has 114 valence electrons. The molecule has 1 aliphatic carbocycles. The Labute approximate surface area is 121 Å². The van der Waals surface area contributed by atoms with Gasteiger partial charge in [-0.3, -0.25) is 0 Å². The summed E-state index contributed by atoms with van der Waals surface area (Å²) >= 11 is 0. The van der Waals surface area contributed by atoms with E-state index >= 15 is 0 Å². The fourth-order valence-corrected chi connectivity index (χ4v) is 2.75. The number of nitrogens with one attached hydrogen (secondary N) is 1. The number of carbonyl (C=O) groups is 2. The number of carboxylic acids is 1. The smallest absolute Gasteiger partial charge is 0.326 e. The van der Waals surface area contributed by atoms with E-state index in [0.29, 0.717) is 0 Å². The van der Waals surface area contributed by atoms with Crippen molar-refractivity contribution in [3.8, 4) is 0 Å². The van der Waals surface area contributed by atoms with E-state index in [2.05, 4.69) is 18.8 Å². The van der Waals surface area contributed by atoms with Crippen molar-refractivity contribution < 1.29 is 14.7 Å². The molecule has 5 heteroatoms. The van der Waals surface area contributed by atoms with Gasteiger partial charge in [-0.2, -0.15) is 0 Å². The Bertz CT molecular complexity index is 349. The van der Waals surface area contributed by atoms with E-state index in [1.165, 1.54) is 12.5 Å². The summed E-state index contributed by atoms with van der Waals surface area (Å²) in [5, 5.41) is 11.6. The normalized spacial score (nSPS) is 23.7. The number of rotatable bonds is 6. The van der Waals surface area contributed by atoms with E-state index < -0.39 is 12.0 Å². The lowest BCUT2D eigenvalue weighted by Crippen LogP contribution is -2.50. The number of amides is 2. The zero-order chi connectivity index (χ0) is 15.1. The highest BCUT2D eigenvalue weighted by atomic mass is 16.4. The van der Waals surface area contributed by atoms with Gasteiger partial charge in [0.2, 0.25) is 0 Å². The molecule has 2 N–H and O–H groups in total. The Balaban J connectivity index is 2.50. The first-order valence-electron chi connectivity index (χ1n) is 7.36. The fourth-order valence-electron chi connectivity index (χ4n) is 2.75. The summed E-state index contributed by atoms with van der Waals surface area (Å²) in [5.74, 6) is -0.253. The molecule has 0 aliphatic heterocycles. The minimum Gasteiger partial charge on any atom is -0.480 e. The summed E-state index contributed by atoms with van der Waals surface area (Å²) < 4.78 is 0. The molecule has 0 heterocycles. The highest BCUT2D eigenvalue weighted by Crippen LogP contribution is 2.28. The first-order valence-corrected chi connectivity index (χ1v) is 7.36. The molecule has 0 aromatic heterocycles. The molecule has 0 bridgehead atoms. The van der Waals surface area contributed by atoms with E-state index in [4.69, 9.17) is 5.11 Å². The second-order valence-electron chi connectivity index (χ2n) is 5.56. The van der Waals surface area contributed by atoms with Crippen molar-refractivity contribution in [1.29, 1.82) is 0 Å². The zero-order valence-corrected chi connectivity index (χ0v) is 12.5. The third-order valence-corrected chi connectivity index (χ3v) is 4.26. The van der Waals surface area contributed by atoms with Crippen molar-refractivity contribution >= 4 is 12.0 Å². The Morgan fingerprint density at radius 3 is 2.45 bits per heavy atom. The van der Waals surface area contributed by atoms with Crippen molar-refractivity contribution in [3.05, 3.63) is 12.7 Å². The predicted molar refractivity (Wildman–Crippen MR) is 78.6 cm³/mol. The summed E-state index contributed by atoms with van der Waals surface area (Å²) in [4.78, 5) is 24.8. The molecular formula is C15H26N2O3. The van der Waals surface area contributed by atoms with Crippen molar-refractivity contribution in [3.63, 3.8) is 0 Å². The van der Waals surface area contributed by atoms with Crippen LogP contribution in [0.25, 0.3) is 0 Å². The molecule has 1 fully saturated rings. The number of hydrogen-bond donors (Lipinski definition) is 2. The van der Waals surface area contributed by atoms with Gasteiger partial charge in [0.05, 0.1) is 0 Å². The average molecular weight is 282 g/mol. The SMILES string of the molecule is C=CCC(NC(=O)N(C)C1CCC(CC)CC1)C(=O)O. The second kappa shape index (κ2) is 7.92. The van der Waals surface area contributed by atoms with Crippen LogP contribution >= 0.6 is 0 Å². The van der Waals surface area contributed by atoms with Gasteiger partial charge in [-0.25, -0.2) is 9.59 Å². The molecule has 1 aliphatic rings. The molecule has 1 rings (SSSR count). The van der Waals surface area contributed by atoms with Gasteiger partial charge in [0.1, 0.15) is 6.04 Å².